The van der Waals surface area contributed by atoms with E-state index in [9.17, 15) is 9.59 Å². The maximum atomic E-state index is 13.1. The number of rotatable bonds is 2. The number of piperidine rings is 1. The van der Waals surface area contributed by atoms with E-state index in [4.69, 9.17) is 4.74 Å². The topological polar surface area (TPSA) is 49.9 Å². The number of allylic oxidation sites excluding steroid dienone is 2. The van der Waals surface area contributed by atoms with Crippen molar-refractivity contribution < 1.29 is 14.3 Å². The first-order chi connectivity index (χ1) is 11.6. The van der Waals surface area contributed by atoms with Crippen LogP contribution in [0, 0.1) is 23.7 Å². The van der Waals surface area contributed by atoms with Crippen molar-refractivity contribution in [2.45, 2.75) is 33.1 Å². The van der Waals surface area contributed by atoms with Gasteiger partial charge in [-0.15, -0.1) is 0 Å². The molecule has 0 aromatic heterocycles. The highest BCUT2D eigenvalue weighted by molar-refractivity contribution is 5.88. The molecule has 3 aliphatic rings. The SMILES string of the molecule is C[C@@H]1CCN(C(=O)[C@@H]2CC=CC[C@@H]2C(=O)N2CCOCC2)C[C@H]1C. The zero-order valence-corrected chi connectivity index (χ0v) is 14.9. The van der Waals surface area contributed by atoms with E-state index in [1.807, 2.05) is 9.80 Å². The number of carbonyl (C=O) groups excluding carboxylic acids is 2. The van der Waals surface area contributed by atoms with Crippen LogP contribution in [-0.2, 0) is 14.3 Å². The van der Waals surface area contributed by atoms with Crippen molar-refractivity contribution in [3.63, 3.8) is 0 Å². The van der Waals surface area contributed by atoms with Gasteiger partial charge in [-0.2, -0.15) is 0 Å². The maximum absolute atomic E-state index is 13.1. The predicted molar refractivity (Wildman–Crippen MR) is 92.3 cm³/mol. The Morgan fingerprint density at radius 1 is 0.875 bits per heavy atom. The summed E-state index contributed by atoms with van der Waals surface area (Å²) in [5.74, 6) is 1.15. The first-order valence-corrected chi connectivity index (χ1v) is 9.38. The number of ether oxygens (including phenoxy) is 1. The summed E-state index contributed by atoms with van der Waals surface area (Å²) >= 11 is 0. The number of morpholine rings is 1. The molecule has 2 aliphatic heterocycles. The lowest BCUT2D eigenvalue weighted by molar-refractivity contribution is -0.150. The number of hydrogen-bond acceptors (Lipinski definition) is 3. The van der Waals surface area contributed by atoms with Gasteiger partial charge in [0.25, 0.3) is 0 Å². The van der Waals surface area contributed by atoms with Crippen LogP contribution >= 0.6 is 0 Å². The lowest BCUT2D eigenvalue weighted by Gasteiger charge is -2.40. The zero-order valence-electron chi connectivity index (χ0n) is 14.9. The van der Waals surface area contributed by atoms with Crippen LogP contribution in [0.1, 0.15) is 33.1 Å². The minimum Gasteiger partial charge on any atom is -0.378 e. The molecular weight excluding hydrogens is 304 g/mol. The Balaban J connectivity index is 1.68. The van der Waals surface area contributed by atoms with E-state index in [1.54, 1.807) is 0 Å². The molecule has 0 unspecified atom stereocenters. The fourth-order valence-electron chi connectivity index (χ4n) is 4.08. The standard InChI is InChI=1S/C19H30N2O3/c1-14-7-8-21(13-15(14)2)19(23)17-6-4-3-5-16(17)18(22)20-9-11-24-12-10-20/h3-4,14-17H,5-13H2,1-2H3/t14-,15-,16+,17-/m1/s1. The van der Waals surface area contributed by atoms with E-state index in [-0.39, 0.29) is 23.7 Å². The molecule has 2 amide bonds. The van der Waals surface area contributed by atoms with Crippen molar-refractivity contribution in [3.8, 4) is 0 Å². The number of likely N-dealkylation sites (tertiary alicyclic amines) is 1. The fourth-order valence-corrected chi connectivity index (χ4v) is 4.08. The van der Waals surface area contributed by atoms with E-state index in [0.29, 0.717) is 51.0 Å². The summed E-state index contributed by atoms with van der Waals surface area (Å²) in [6.07, 6.45) is 6.58. The molecule has 0 spiro atoms. The van der Waals surface area contributed by atoms with Gasteiger partial charge in [-0.1, -0.05) is 26.0 Å². The van der Waals surface area contributed by atoms with Crippen LogP contribution < -0.4 is 0 Å². The molecule has 0 N–H and O–H groups in total. The molecular formula is C19H30N2O3. The Labute approximate surface area is 145 Å². The Morgan fingerprint density at radius 3 is 2.04 bits per heavy atom. The van der Waals surface area contributed by atoms with E-state index in [2.05, 4.69) is 26.0 Å². The number of amides is 2. The van der Waals surface area contributed by atoms with Crippen LogP contribution in [0.2, 0.25) is 0 Å². The third-order valence-corrected chi connectivity index (χ3v) is 6.04. The Morgan fingerprint density at radius 2 is 1.46 bits per heavy atom. The molecule has 0 aromatic carbocycles. The molecule has 0 aromatic rings. The van der Waals surface area contributed by atoms with Crippen LogP contribution in [0.3, 0.4) is 0 Å². The van der Waals surface area contributed by atoms with Crippen molar-refractivity contribution >= 4 is 11.8 Å². The Kier molecular flexibility index (Phi) is 5.59. The fraction of sp³-hybridized carbons (Fsp3) is 0.789. The van der Waals surface area contributed by atoms with Crippen molar-refractivity contribution in [1.82, 2.24) is 9.80 Å². The summed E-state index contributed by atoms with van der Waals surface area (Å²) in [4.78, 5) is 29.9. The van der Waals surface area contributed by atoms with E-state index in [1.165, 1.54) is 0 Å². The molecule has 2 saturated heterocycles. The minimum absolute atomic E-state index is 0.138. The lowest BCUT2D eigenvalue weighted by Crippen LogP contribution is -2.51. The van der Waals surface area contributed by atoms with Crippen LogP contribution in [-0.4, -0.2) is 61.0 Å². The molecule has 134 valence electrons. The smallest absolute Gasteiger partial charge is 0.226 e. The van der Waals surface area contributed by atoms with Crippen molar-refractivity contribution in [2.75, 3.05) is 39.4 Å². The monoisotopic (exact) mass is 334 g/mol. The second kappa shape index (κ2) is 7.68. The Bertz CT molecular complexity index is 499. The minimum atomic E-state index is -0.199. The highest BCUT2D eigenvalue weighted by atomic mass is 16.5. The molecule has 0 radical (unpaired) electrons. The summed E-state index contributed by atoms with van der Waals surface area (Å²) in [5.41, 5.74) is 0. The largest absolute Gasteiger partial charge is 0.378 e. The van der Waals surface area contributed by atoms with Crippen molar-refractivity contribution in [1.29, 1.82) is 0 Å². The van der Waals surface area contributed by atoms with Gasteiger partial charge in [0.15, 0.2) is 0 Å². The molecule has 5 nitrogen and oxygen atoms in total. The highest BCUT2D eigenvalue weighted by Gasteiger charge is 2.39. The summed E-state index contributed by atoms with van der Waals surface area (Å²) in [7, 11) is 0. The molecule has 4 atom stereocenters. The summed E-state index contributed by atoms with van der Waals surface area (Å²) in [6, 6.07) is 0. The van der Waals surface area contributed by atoms with Gasteiger partial charge in [0.2, 0.25) is 11.8 Å². The summed E-state index contributed by atoms with van der Waals surface area (Å²) in [5, 5.41) is 0. The first kappa shape index (κ1) is 17.5. The zero-order chi connectivity index (χ0) is 17.1. The molecule has 2 heterocycles. The van der Waals surface area contributed by atoms with Gasteiger partial charge in [-0.25, -0.2) is 0 Å². The first-order valence-electron chi connectivity index (χ1n) is 9.38. The molecule has 2 fully saturated rings. The van der Waals surface area contributed by atoms with Gasteiger partial charge in [0, 0.05) is 26.2 Å². The highest BCUT2D eigenvalue weighted by Crippen LogP contribution is 2.32. The third-order valence-electron chi connectivity index (χ3n) is 6.04. The Hall–Kier alpha value is -1.36. The third kappa shape index (κ3) is 3.66. The molecule has 24 heavy (non-hydrogen) atoms. The van der Waals surface area contributed by atoms with E-state index < -0.39 is 0 Å². The molecule has 3 rings (SSSR count). The number of nitrogens with zero attached hydrogens (tertiary/aromatic N) is 2. The van der Waals surface area contributed by atoms with E-state index in [0.717, 1.165) is 19.5 Å². The van der Waals surface area contributed by atoms with Crippen molar-refractivity contribution in [2.24, 2.45) is 23.7 Å². The lowest BCUT2D eigenvalue weighted by atomic mass is 9.80. The van der Waals surface area contributed by atoms with Crippen LogP contribution in [0.4, 0.5) is 0 Å². The average molecular weight is 334 g/mol. The van der Waals surface area contributed by atoms with Crippen LogP contribution in [0.15, 0.2) is 12.2 Å². The second-order valence-corrected chi connectivity index (χ2v) is 7.62. The van der Waals surface area contributed by atoms with Gasteiger partial charge < -0.3 is 14.5 Å². The average Bonchev–Trinajstić information content (AvgIpc) is 2.63. The maximum Gasteiger partial charge on any atom is 0.226 e. The van der Waals surface area contributed by atoms with E-state index >= 15 is 0 Å². The number of carbonyl (C=O) groups is 2. The second-order valence-electron chi connectivity index (χ2n) is 7.62. The predicted octanol–water partition coefficient (Wildman–Crippen LogP) is 1.93. The van der Waals surface area contributed by atoms with Crippen LogP contribution in [0.5, 0.6) is 0 Å². The molecule has 1 aliphatic carbocycles. The van der Waals surface area contributed by atoms with Gasteiger partial charge in [-0.05, 0) is 31.1 Å². The van der Waals surface area contributed by atoms with Gasteiger partial charge in [0.05, 0.1) is 25.0 Å². The van der Waals surface area contributed by atoms with Gasteiger partial charge >= 0.3 is 0 Å². The molecule has 5 heteroatoms. The normalized spacial score (nSPS) is 34.2. The van der Waals surface area contributed by atoms with Crippen molar-refractivity contribution in [3.05, 3.63) is 12.2 Å². The van der Waals surface area contributed by atoms with Crippen LogP contribution in [0.25, 0.3) is 0 Å². The van der Waals surface area contributed by atoms with Gasteiger partial charge in [-0.3, -0.25) is 9.59 Å². The summed E-state index contributed by atoms with van der Waals surface area (Å²) in [6.45, 7) is 8.67. The molecule has 0 saturated carbocycles. The summed E-state index contributed by atoms with van der Waals surface area (Å²) < 4.78 is 5.35. The molecule has 0 bridgehead atoms. The van der Waals surface area contributed by atoms with Gasteiger partial charge in [0.1, 0.15) is 0 Å². The number of hydrogen-bond donors (Lipinski definition) is 0. The quantitative estimate of drug-likeness (QED) is 0.725.